The highest BCUT2D eigenvalue weighted by Crippen LogP contribution is 2.36. The van der Waals surface area contributed by atoms with E-state index in [9.17, 15) is 28.8 Å². The number of hydrogen-bond donors (Lipinski definition) is 0. The maximum absolute atomic E-state index is 14.5. The number of rotatable bonds is 19. The molecule has 3 aliphatic rings. The molecule has 2 aliphatic carbocycles. The number of morpholine rings is 1. The summed E-state index contributed by atoms with van der Waals surface area (Å²) in [6.07, 6.45) is 0.389. The molecule has 14 nitrogen and oxygen atoms in total. The second-order valence-corrected chi connectivity index (χ2v) is 15.1. The van der Waals surface area contributed by atoms with E-state index in [1.807, 2.05) is 54.6 Å². The molecule has 1 aliphatic heterocycles. The van der Waals surface area contributed by atoms with Gasteiger partial charge in [-0.25, -0.2) is 14.4 Å². The number of benzene rings is 2. The molecular formula is C42H55N3O11. The first-order valence-electron chi connectivity index (χ1n) is 19.5. The van der Waals surface area contributed by atoms with Gasteiger partial charge in [0.25, 0.3) is 11.8 Å². The summed E-state index contributed by atoms with van der Waals surface area (Å²) < 4.78 is 27.6. The Morgan fingerprint density at radius 3 is 1.80 bits per heavy atom. The second kappa shape index (κ2) is 19.7. The number of esters is 4. The predicted molar refractivity (Wildman–Crippen MR) is 204 cm³/mol. The van der Waals surface area contributed by atoms with E-state index in [4.69, 9.17) is 23.7 Å². The molecule has 1 saturated heterocycles. The maximum Gasteiger partial charge on any atom is 0.347 e. The van der Waals surface area contributed by atoms with Crippen molar-refractivity contribution in [1.29, 1.82) is 0 Å². The highest BCUT2D eigenvalue weighted by Gasteiger charge is 2.42. The number of carbonyl (C=O) groups excluding carboxylic acids is 6. The molecule has 5 atom stereocenters. The molecule has 2 aromatic carbocycles. The van der Waals surface area contributed by atoms with Gasteiger partial charge in [0.2, 0.25) is 0 Å². The van der Waals surface area contributed by atoms with E-state index in [0.717, 1.165) is 50.0 Å². The van der Waals surface area contributed by atoms with Gasteiger partial charge in [0.1, 0.15) is 18.7 Å². The Morgan fingerprint density at radius 1 is 0.696 bits per heavy atom. The topological polar surface area (TPSA) is 158 Å². The van der Waals surface area contributed by atoms with Gasteiger partial charge in [-0.15, -0.1) is 0 Å². The lowest BCUT2D eigenvalue weighted by atomic mass is 10.0. The summed E-state index contributed by atoms with van der Waals surface area (Å²) in [5.41, 5.74) is 2.48. The van der Waals surface area contributed by atoms with Crippen LogP contribution in [0.3, 0.4) is 0 Å². The minimum absolute atomic E-state index is 0.0105. The lowest BCUT2D eigenvalue weighted by Gasteiger charge is -2.33. The minimum Gasteiger partial charge on any atom is -0.458 e. The smallest absolute Gasteiger partial charge is 0.347 e. The van der Waals surface area contributed by atoms with Crippen LogP contribution in [-0.2, 0) is 65.5 Å². The summed E-state index contributed by atoms with van der Waals surface area (Å²) in [7, 11) is 2.92. The number of anilines is 1. The molecule has 2 saturated carbocycles. The molecule has 3 fully saturated rings. The Morgan fingerprint density at radius 2 is 1.25 bits per heavy atom. The highest BCUT2D eigenvalue weighted by molar-refractivity contribution is 5.91. The van der Waals surface area contributed by atoms with Crippen LogP contribution in [0.4, 0.5) is 5.69 Å². The molecule has 5 rings (SSSR count). The van der Waals surface area contributed by atoms with Gasteiger partial charge in [-0.05, 0) is 61.8 Å². The van der Waals surface area contributed by atoms with Crippen molar-refractivity contribution in [2.75, 3.05) is 45.3 Å². The monoisotopic (exact) mass is 777 g/mol. The molecular weight excluding hydrogens is 722 g/mol. The zero-order valence-electron chi connectivity index (χ0n) is 33.1. The van der Waals surface area contributed by atoms with Crippen LogP contribution in [0, 0.1) is 11.8 Å². The largest absolute Gasteiger partial charge is 0.458 e. The number of nitrogens with zero attached hydrogens (tertiary/aromatic N) is 3. The van der Waals surface area contributed by atoms with Crippen molar-refractivity contribution < 1.29 is 52.5 Å². The highest BCUT2D eigenvalue weighted by atomic mass is 16.6. The van der Waals surface area contributed by atoms with E-state index in [0.29, 0.717) is 31.6 Å². The second-order valence-electron chi connectivity index (χ2n) is 15.1. The van der Waals surface area contributed by atoms with Gasteiger partial charge >= 0.3 is 23.9 Å². The fourth-order valence-corrected chi connectivity index (χ4v) is 6.71. The van der Waals surface area contributed by atoms with Crippen molar-refractivity contribution in [2.24, 2.45) is 11.8 Å². The number of ether oxygens (including phenoxy) is 5. The van der Waals surface area contributed by atoms with Crippen LogP contribution in [0.1, 0.15) is 70.4 Å². The van der Waals surface area contributed by atoms with Crippen molar-refractivity contribution >= 4 is 41.4 Å². The summed E-state index contributed by atoms with van der Waals surface area (Å²) in [6, 6.07) is 14.6. The van der Waals surface area contributed by atoms with Gasteiger partial charge in [0.05, 0.1) is 13.2 Å². The Bertz CT molecular complexity index is 1670. The van der Waals surface area contributed by atoms with Crippen molar-refractivity contribution in [3.05, 3.63) is 65.7 Å². The number of likely N-dealkylation sites (N-methyl/N-ethyl adjacent to an activating group) is 2. The zero-order chi connectivity index (χ0) is 40.4. The maximum atomic E-state index is 14.5. The van der Waals surface area contributed by atoms with Crippen LogP contribution in [0.15, 0.2) is 54.6 Å². The summed E-state index contributed by atoms with van der Waals surface area (Å²) >= 11 is 0. The van der Waals surface area contributed by atoms with Crippen LogP contribution in [0.25, 0.3) is 0 Å². The quantitative estimate of drug-likeness (QED) is 0.150. The molecule has 0 spiro atoms. The zero-order valence-corrected chi connectivity index (χ0v) is 33.1. The Labute approximate surface area is 328 Å². The first-order valence-corrected chi connectivity index (χ1v) is 19.5. The normalized spacial score (nSPS) is 18.0. The Hall–Kier alpha value is -4.98. The van der Waals surface area contributed by atoms with E-state index in [2.05, 4.69) is 4.90 Å². The minimum atomic E-state index is -1.37. The van der Waals surface area contributed by atoms with Gasteiger partial charge in [0, 0.05) is 46.2 Å². The van der Waals surface area contributed by atoms with E-state index >= 15 is 0 Å². The van der Waals surface area contributed by atoms with Gasteiger partial charge < -0.3 is 38.4 Å². The molecule has 0 N–H and O–H groups in total. The molecule has 0 bridgehead atoms. The average molecular weight is 778 g/mol. The molecule has 2 amide bonds. The van der Waals surface area contributed by atoms with Crippen LogP contribution in [-0.4, -0.2) is 116 Å². The summed E-state index contributed by atoms with van der Waals surface area (Å²) in [5.74, 6) is -3.75. The molecule has 56 heavy (non-hydrogen) atoms. The van der Waals surface area contributed by atoms with E-state index < -0.39 is 66.1 Å². The number of amides is 2. The Balaban J connectivity index is 1.35. The molecule has 304 valence electrons. The van der Waals surface area contributed by atoms with Gasteiger partial charge in [0.15, 0.2) is 18.3 Å². The third-order valence-electron chi connectivity index (χ3n) is 10.5. The van der Waals surface area contributed by atoms with Crippen LogP contribution < -0.4 is 4.90 Å². The van der Waals surface area contributed by atoms with Crippen molar-refractivity contribution in [2.45, 2.75) is 103 Å². The first-order chi connectivity index (χ1) is 26.8. The fraction of sp³-hybridized carbons (Fsp3) is 0.571. The van der Waals surface area contributed by atoms with E-state index in [1.54, 1.807) is 0 Å². The third-order valence-corrected chi connectivity index (χ3v) is 10.5. The first kappa shape index (κ1) is 42.2. The number of carbonyl (C=O) groups is 6. The van der Waals surface area contributed by atoms with Crippen LogP contribution in [0.2, 0.25) is 0 Å². The van der Waals surface area contributed by atoms with E-state index in [1.165, 1.54) is 44.7 Å². The van der Waals surface area contributed by atoms with E-state index in [-0.39, 0.29) is 24.9 Å². The number of hydrogen-bond acceptors (Lipinski definition) is 12. The van der Waals surface area contributed by atoms with Crippen molar-refractivity contribution in [3.8, 4) is 0 Å². The summed E-state index contributed by atoms with van der Waals surface area (Å²) in [5, 5.41) is 0. The molecule has 0 radical (unpaired) electrons. The van der Waals surface area contributed by atoms with Gasteiger partial charge in [-0.1, -0.05) is 68.1 Å². The average Bonchev–Trinajstić information content (AvgIpc) is 4.14. The predicted octanol–water partition coefficient (Wildman–Crippen LogP) is 3.86. The van der Waals surface area contributed by atoms with Crippen molar-refractivity contribution in [3.63, 3.8) is 0 Å². The lowest BCUT2D eigenvalue weighted by molar-refractivity contribution is -0.175. The lowest BCUT2D eigenvalue weighted by Crippen LogP contribution is -2.52. The molecule has 14 heteroatoms. The molecule has 2 aromatic rings. The third kappa shape index (κ3) is 12.3. The summed E-state index contributed by atoms with van der Waals surface area (Å²) in [6.45, 7) is 6.80. The fourth-order valence-electron chi connectivity index (χ4n) is 6.71. The summed E-state index contributed by atoms with van der Waals surface area (Å²) in [4.78, 5) is 84.7. The molecule has 0 unspecified atom stereocenters. The Kier molecular flexibility index (Phi) is 14.9. The van der Waals surface area contributed by atoms with Crippen molar-refractivity contribution in [1.82, 2.24) is 9.80 Å². The van der Waals surface area contributed by atoms with Crippen LogP contribution in [0.5, 0.6) is 0 Å². The van der Waals surface area contributed by atoms with Gasteiger partial charge in [-0.3, -0.25) is 14.4 Å². The van der Waals surface area contributed by atoms with Gasteiger partial charge in [-0.2, -0.15) is 0 Å². The molecule has 1 heterocycles. The van der Waals surface area contributed by atoms with Crippen LogP contribution >= 0.6 is 0 Å². The molecule has 0 aromatic heterocycles. The SMILES string of the molecule is CC(=O)O[C@H](C)C(=O)N(C)[C@@H](CC1CC1)C(=O)O[C@H](Cc1ccc(N2CCOCC2)cc1)C(=O)N(C)[C@@H](CC1CC1)C(=O)O[C@H](C)C(=O)OCc1ccccc1. The standard InChI is InChI=1S/C42H55N3O11/c1-27(54-29(3)46)38(47)43(4)36(24-31-13-14-31)42(51)56-37(25-32-15-17-34(18-16-32)45-19-21-52-22-20-45)39(48)44(5)35(23-30-11-12-30)41(50)55-28(2)40(49)53-26-33-9-7-6-8-10-33/h6-10,15-18,27-28,30-31,35-37H,11-14,19-26H2,1-5H3/t27-,28-,35+,36+,37-/m1/s1.